The van der Waals surface area contributed by atoms with Gasteiger partial charge in [0.15, 0.2) is 0 Å². The van der Waals surface area contributed by atoms with Gasteiger partial charge in [-0.2, -0.15) is 0 Å². The molecule has 0 radical (unpaired) electrons. The van der Waals surface area contributed by atoms with Crippen molar-refractivity contribution in [2.24, 2.45) is 0 Å². The maximum absolute atomic E-state index is 6.33. The zero-order valence-electron chi connectivity index (χ0n) is 11.4. The molecule has 1 aliphatic rings. The number of hydrogen-bond donors (Lipinski definition) is 0. The van der Waals surface area contributed by atoms with Gasteiger partial charge in [0.2, 0.25) is 0 Å². The molecule has 0 bridgehead atoms. The molecule has 0 spiro atoms. The second-order valence-corrected chi connectivity index (χ2v) is 9.72. The van der Waals surface area contributed by atoms with Crippen molar-refractivity contribution in [1.82, 2.24) is 0 Å². The van der Waals surface area contributed by atoms with Crippen LogP contribution in [0.1, 0.15) is 31.9 Å². The topological polar surface area (TPSA) is 9.23 Å². The third kappa shape index (κ3) is 2.37. The maximum atomic E-state index is 6.33. The molecular weight excluding hydrogens is 228 g/mol. The Morgan fingerprint density at radius 3 is 2.41 bits per heavy atom. The van der Waals surface area contributed by atoms with Crippen LogP contribution in [0.2, 0.25) is 0 Å². The fraction of sp³-hybridized carbons (Fsp3) is 0.467. The molecule has 0 aromatic heterocycles. The van der Waals surface area contributed by atoms with Gasteiger partial charge in [-0.25, -0.2) is 0 Å². The van der Waals surface area contributed by atoms with Gasteiger partial charge in [0.05, 0.1) is 0 Å². The van der Waals surface area contributed by atoms with Crippen LogP contribution in [-0.2, 0) is 10.6 Å². The van der Waals surface area contributed by atoms with Crippen molar-refractivity contribution in [1.29, 1.82) is 0 Å². The minimum Gasteiger partial charge on any atom is -0.449 e. The highest BCUT2D eigenvalue weighted by Gasteiger charge is 2.31. The lowest BCUT2D eigenvalue weighted by Gasteiger charge is -2.44. The molecule has 2 heteroatoms. The first-order valence-corrected chi connectivity index (χ1v) is 8.39. The number of hydrogen-bond acceptors (Lipinski definition) is 1. The quantitative estimate of drug-likeness (QED) is 0.757. The van der Waals surface area contributed by atoms with E-state index in [4.69, 9.17) is 4.18 Å². The van der Waals surface area contributed by atoms with E-state index in [1.165, 1.54) is 11.1 Å². The number of allylic oxidation sites excluding steroid dienone is 1. The summed E-state index contributed by atoms with van der Waals surface area (Å²) in [6.07, 6.45) is 7.71. The normalized spacial score (nSPS) is 16.4. The van der Waals surface area contributed by atoms with Gasteiger partial charge in [0.25, 0.3) is 0 Å². The lowest BCUT2D eigenvalue weighted by molar-refractivity contribution is 0.551. The van der Waals surface area contributed by atoms with Crippen molar-refractivity contribution in [2.45, 2.75) is 31.9 Å². The molecule has 94 valence electrons. The molecule has 0 heterocycles. The Balaban J connectivity index is 2.23. The van der Waals surface area contributed by atoms with Crippen molar-refractivity contribution in [2.75, 3.05) is 12.5 Å². The first-order chi connectivity index (χ1) is 7.81. The predicted octanol–water partition coefficient (Wildman–Crippen LogP) is 4.38. The highest BCUT2D eigenvalue weighted by Crippen LogP contribution is 2.57. The van der Waals surface area contributed by atoms with Crippen LogP contribution in [0.3, 0.4) is 0 Å². The minimum atomic E-state index is -1.09. The summed E-state index contributed by atoms with van der Waals surface area (Å²) in [6, 6.07) is 8.52. The number of rotatable bonds is 2. The van der Waals surface area contributed by atoms with E-state index in [2.05, 4.69) is 63.6 Å². The first kappa shape index (κ1) is 12.6. The van der Waals surface area contributed by atoms with Crippen molar-refractivity contribution < 1.29 is 4.18 Å². The Bertz CT molecular complexity index is 452. The van der Waals surface area contributed by atoms with Crippen molar-refractivity contribution in [3.8, 4) is 0 Å². The first-order valence-electron chi connectivity index (χ1n) is 6.02. The van der Waals surface area contributed by atoms with E-state index in [9.17, 15) is 0 Å². The Labute approximate surface area is 106 Å². The van der Waals surface area contributed by atoms with E-state index >= 15 is 0 Å². The summed E-state index contributed by atoms with van der Waals surface area (Å²) in [5.74, 6) is 1.08. The van der Waals surface area contributed by atoms with Crippen LogP contribution < -0.4 is 0 Å². The molecule has 0 aliphatic heterocycles. The molecule has 17 heavy (non-hydrogen) atoms. The smallest absolute Gasteiger partial charge is 0.138 e. The summed E-state index contributed by atoms with van der Waals surface area (Å²) in [5.41, 5.74) is 2.66. The monoisotopic (exact) mass is 250 g/mol. The molecule has 0 saturated carbocycles. The molecule has 0 N–H and O–H groups in total. The molecule has 0 saturated heterocycles. The fourth-order valence-corrected chi connectivity index (χ4v) is 2.54. The van der Waals surface area contributed by atoms with Gasteiger partial charge in [0.1, 0.15) is 5.76 Å². The van der Waals surface area contributed by atoms with E-state index in [1.54, 1.807) is 0 Å². The van der Waals surface area contributed by atoms with E-state index in [0.29, 0.717) is 0 Å². The second kappa shape index (κ2) is 4.09. The van der Waals surface area contributed by atoms with Crippen molar-refractivity contribution in [3.05, 3.63) is 41.5 Å². The van der Waals surface area contributed by atoms with Crippen molar-refractivity contribution in [3.63, 3.8) is 0 Å². The Morgan fingerprint density at radius 1 is 1.12 bits per heavy atom. The molecule has 1 aliphatic carbocycles. The standard InChI is InChI=1S/C15H22OS/c1-15(2,3)17(4,5)16-14-11-10-12-8-6-7-9-13(12)14/h6-9,11H,10H2,1-5H3. The molecule has 0 unspecified atom stereocenters. The average Bonchev–Trinajstić information content (AvgIpc) is 2.60. The third-order valence-electron chi connectivity index (χ3n) is 3.56. The molecule has 0 fully saturated rings. The lowest BCUT2D eigenvalue weighted by Crippen LogP contribution is -2.24. The molecular formula is C15H22OS. The molecule has 1 aromatic carbocycles. The zero-order chi connectivity index (χ0) is 12.7. The average molecular weight is 250 g/mol. The zero-order valence-corrected chi connectivity index (χ0v) is 12.2. The van der Waals surface area contributed by atoms with Gasteiger partial charge >= 0.3 is 0 Å². The second-order valence-electron chi connectivity index (χ2n) is 5.86. The highest BCUT2D eigenvalue weighted by molar-refractivity contribution is 8.30. The van der Waals surface area contributed by atoms with Gasteiger partial charge in [-0.15, -0.1) is 0 Å². The molecule has 0 atom stereocenters. The summed E-state index contributed by atoms with van der Waals surface area (Å²) in [7, 11) is -1.09. The summed E-state index contributed by atoms with van der Waals surface area (Å²) < 4.78 is 6.53. The summed E-state index contributed by atoms with van der Waals surface area (Å²) in [6.45, 7) is 6.76. The summed E-state index contributed by atoms with van der Waals surface area (Å²) in [5, 5.41) is 0. The number of fused-ring (bicyclic) bond motifs is 1. The largest absolute Gasteiger partial charge is 0.449 e. The molecule has 1 aromatic rings. The van der Waals surface area contributed by atoms with Crippen LogP contribution in [0.15, 0.2) is 30.3 Å². The fourth-order valence-electron chi connectivity index (χ4n) is 1.68. The van der Waals surface area contributed by atoms with Crippen molar-refractivity contribution >= 4 is 16.1 Å². The SMILES string of the molecule is CC(C)(C)S(C)(C)OC1=CCc2ccccc21. The Kier molecular flexibility index (Phi) is 3.03. The van der Waals surface area contributed by atoms with Crippen LogP contribution in [0.4, 0.5) is 0 Å². The molecule has 0 amide bonds. The van der Waals surface area contributed by atoms with Gasteiger partial charge < -0.3 is 4.18 Å². The third-order valence-corrected chi connectivity index (χ3v) is 7.11. The van der Waals surface area contributed by atoms with E-state index in [1.807, 2.05) is 0 Å². The molecule has 2 rings (SSSR count). The Morgan fingerprint density at radius 2 is 1.76 bits per heavy atom. The van der Waals surface area contributed by atoms with Crippen LogP contribution in [-0.4, -0.2) is 17.3 Å². The van der Waals surface area contributed by atoms with Gasteiger partial charge in [-0.05, 0) is 51.3 Å². The number of benzene rings is 1. The van der Waals surface area contributed by atoms with Gasteiger partial charge in [-0.3, -0.25) is 0 Å². The van der Waals surface area contributed by atoms with E-state index < -0.39 is 10.3 Å². The lowest BCUT2D eigenvalue weighted by atomic mass is 10.1. The predicted molar refractivity (Wildman–Crippen MR) is 78.4 cm³/mol. The van der Waals surface area contributed by atoms with E-state index in [0.717, 1.165) is 12.2 Å². The maximum Gasteiger partial charge on any atom is 0.138 e. The van der Waals surface area contributed by atoms with Crippen LogP contribution in [0.5, 0.6) is 0 Å². The van der Waals surface area contributed by atoms with Crippen LogP contribution in [0.25, 0.3) is 5.76 Å². The van der Waals surface area contributed by atoms with Crippen LogP contribution >= 0.6 is 10.3 Å². The van der Waals surface area contributed by atoms with Crippen LogP contribution in [0, 0.1) is 0 Å². The summed E-state index contributed by atoms with van der Waals surface area (Å²) in [4.78, 5) is 0. The Hall–Kier alpha value is -0.890. The minimum absolute atomic E-state index is 0.200. The van der Waals surface area contributed by atoms with Gasteiger partial charge in [-0.1, -0.05) is 34.6 Å². The summed E-state index contributed by atoms with van der Waals surface area (Å²) >= 11 is 0. The van der Waals surface area contributed by atoms with Gasteiger partial charge in [0, 0.05) is 10.3 Å². The van der Waals surface area contributed by atoms with E-state index in [-0.39, 0.29) is 4.75 Å². The highest BCUT2D eigenvalue weighted by atomic mass is 32.3. The molecule has 1 nitrogen and oxygen atoms in total.